The average molecular weight is 402 g/mol. The Balaban J connectivity index is 1.70. The van der Waals surface area contributed by atoms with Crippen LogP contribution in [0, 0.1) is 5.92 Å². The molecule has 2 aliphatic heterocycles. The number of nitrogens with zero attached hydrogens (tertiary/aromatic N) is 1. The van der Waals surface area contributed by atoms with E-state index < -0.39 is 0 Å². The summed E-state index contributed by atoms with van der Waals surface area (Å²) < 4.78 is 0. The number of benzene rings is 3. The second kappa shape index (κ2) is 7.98. The van der Waals surface area contributed by atoms with Gasteiger partial charge >= 0.3 is 0 Å². The summed E-state index contributed by atoms with van der Waals surface area (Å²) >= 11 is 1.78. The largest absolute Gasteiger partial charge is 0.382 e. The maximum absolute atomic E-state index is 10.2. The van der Waals surface area contributed by atoms with E-state index in [1.165, 1.54) is 16.7 Å². The van der Waals surface area contributed by atoms with Crippen LogP contribution in [0.5, 0.6) is 0 Å². The molecule has 2 fully saturated rings. The molecule has 3 unspecified atom stereocenters. The summed E-state index contributed by atoms with van der Waals surface area (Å²) in [7, 11) is 0. The standard InChI is InChI=1S/C26H27NOS/c28-25-18-20-19-27(17-16-24(20)29-25)26(21-10-4-1-5-11-21,22-12-6-2-7-13-22)23-14-8-3-9-15-23/h1-15,20,24-25,28H,16-19H2. The van der Waals surface area contributed by atoms with Crippen LogP contribution in [0.15, 0.2) is 91.0 Å². The Bertz CT molecular complexity index is 834. The third kappa shape index (κ3) is 3.31. The van der Waals surface area contributed by atoms with Crippen molar-refractivity contribution in [1.82, 2.24) is 4.90 Å². The first kappa shape index (κ1) is 18.9. The second-order valence-electron chi connectivity index (χ2n) is 8.17. The first-order valence-corrected chi connectivity index (χ1v) is 11.5. The van der Waals surface area contributed by atoms with E-state index in [2.05, 4.69) is 95.9 Å². The van der Waals surface area contributed by atoms with Gasteiger partial charge < -0.3 is 5.11 Å². The maximum atomic E-state index is 10.2. The number of piperidine rings is 1. The summed E-state index contributed by atoms with van der Waals surface area (Å²) in [6.45, 7) is 2.03. The predicted octanol–water partition coefficient (Wildman–Crippen LogP) is 5.12. The van der Waals surface area contributed by atoms with Crippen molar-refractivity contribution < 1.29 is 5.11 Å². The Hall–Kier alpha value is -2.07. The lowest BCUT2D eigenvalue weighted by Gasteiger charge is -2.49. The number of hydrogen-bond donors (Lipinski definition) is 1. The molecule has 2 saturated heterocycles. The summed E-state index contributed by atoms with van der Waals surface area (Å²) in [5, 5.41) is 10.8. The van der Waals surface area contributed by atoms with Crippen LogP contribution >= 0.6 is 11.8 Å². The van der Waals surface area contributed by atoms with Crippen molar-refractivity contribution in [3.8, 4) is 0 Å². The SMILES string of the molecule is OC1CC2CN(C(c3ccccc3)(c3ccccc3)c3ccccc3)CCC2S1. The second-order valence-corrected chi connectivity index (χ2v) is 9.59. The van der Waals surface area contributed by atoms with Crippen LogP contribution in [-0.4, -0.2) is 33.8 Å². The zero-order valence-electron chi connectivity index (χ0n) is 16.5. The van der Waals surface area contributed by atoms with Crippen LogP contribution in [0.4, 0.5) is 0 Å². The smallest absolute Gasteiger partial charge is 0.0999 e. The van der Waals surface area contributed by atoms with Gasteiger partial charge in [-0.15, -0.1) is 11.8 Å². The fraction of sp³-hybridized carbons (Fsp3) is 0.308. The van der Waals surface area contributed by atoms with Gasteiger partial charge in [0, 0.05) is 18.3 Å². The highest BCUT2D eigenvalue weighted by Gasteiger charge is 2.47. The zero-order chi connectivity index (χ0) is 19.7. The minimum Gasteiger partial charge on any atom is -0.382 e. The Morgan fingerprint density at radius 3 is 1.72 bits per heavy atom. The van der Waals surface area contributed by atoms with E-state index in [1.54, 1.807) is 11.8 Å². The van der Waals surface area contributed by atoms with Gasteiger partial charge in [0.25, 0.3) is 0 Å². The van der Waals surface area contributed by atoms with Crippen molar-refractivity contribution >= 4 is 11.8 Å². The van der Waals surface area contributed by atoms with Crippen molar-refractivity contribution in [3.05, 3.63) is 108 Å². The lowest BCUT2D eigenvalue weighted by atomic mass is 9.74. The highest BCUT2D eigenvalue weighted by Crippen LogP contribution is 2.48. The quantitative estimate of drug-likeness (QED) is 0.614. The number of thioether (sulfide) groups is 1. The molecule has 148 valence electrons. The van der Waals surface area contributed by atoms with Crippen molar-refractivity contribution in [3.63, 3.8) is 0 Å². The van der Waals surface area contributed by atoms with E-state index in [1.807, 2.05) is 0 Å². The predicted molar refractivity (Wildman–Crippen MR) is 121 cm³/mol. The lowest BCUT2D eigenvalue weighted by molar-refractivity contribution is 0.0901. The number of aliphatic hydroxyl groups excluding tert-OH is 1. The van der Waals surface area contributed by atoms with Gasteiger partial charge in [-0.1, -0.05) is 91.0 Å². The molecule has 3 heteroatoms. The molecule has 0 spiro atoms. The molecule has 5 rings (SSSR count). The Morgan fingerprint density at radius 1 is 0.759 bits per heavy atom. The third-order valence-electron chi connectivity index (χ3n) is 6.55. The van der Waals surface area contributed by atoms with Gasteiger partial charge in [0.1, 0.15) is 0 Å². The zero-order valence-corrected chi connectivity index (χ0v) is 17.3. The van der Waals surface area contributed by atoms with Crippen LogP contribution in [-0.2, 0) is 5.54 Å². The van der Waals surface area contributed by atoms with E-state index in [0.717, 1.165) is 25.9 Å². The molecule has 29 heavy (non-hydrogen) atoms. The fourth-order valence-corrected chi connectivity index (χ4v) is 6.75. The monoisotopic (exact) mass is 401 g/mol. The van der Waals surface area contributed by atoms with Crippen LogP contribution in [0.3, 0.4) is 0 Å². The molecule has 3 atom stereocenters. The molecule has 0 amide bonds. The van der Waals surface area contributed by atoms with Crippen LogP contribution < -0.4 is 0 Å². The summed E-state index contributed by atoms with van der Waals surface area (Å²) in [4.78, 5) is 2.67. The third-order valence-corrected chi connectivity index (χ3v) is 8.03. The van der Waals surface area contributed by atoms with E-state index in [-0.39, 0.29) is 11.0 Å². The van der Waals surface area contributed by atoms with Crippen LogP contribution in [0.25, 0.3) is 0 Å². The number of hydrogen-bond acceptors (Lipinski definition) is 3. The first-order chi connectivity index (χ1) is 14.3. The molecular weight excluding hydrogens is 374 g/mol. The summed E-state index contributed by atoms with van der Waals surface area (Å²) in [5.41, 5.74) is 3.39. The number of aliphatic hydroxyl groups is 1. The Labute approximate surface area is 177 Å². The van der Waals surface area contributed by atoms with Crippen molar-refractivity contribution in [1.29, 1.82) is 0 Å². The van der Waals surface area contributed by atoms with Crippen molar-refractivity contribution in [2.75, 3.05) is 13.1 Å². The molecule has 0 radical (unpaired) electrons. The summed E-state index contributed by atoms with van der Waals surface area (Å²) in [5.74, 6) is 0.541. The number of rotatable bonds is 4. The maximum Gasteiger partial charge on any atom is 0.0999 e. The van der Waals surface area contributed by atoms with Gasteiger partial charge in [-0.25, -0.2) is 0 Å². The minimum absolute atomic E-state index is 0.204. The van der Waals surface area contributed by atoms with E-state index in [9.17, 15) is 5.11 Å². The van der Waals surface area contributed by atoms with Crippen LogP contribution in [0.2, 0.25) is 0 Å². The average Bonchev–Trinajstić information content (AvgIpc) is 3.16. The van der Waals surface area contributed by atoms with Crippen molar-refractivity contribution in [2.24, 2.45) is 5.92 Å². The number of likely N-dealkylation sites (tertiary alicyclic amines) is 1. The van der Waals surface area contributed by atoms with Gasteiger partial charge in [-0.2, -0.15) is 0 Å². The topological polar surface area (TPSA) is 23.5 Å². The summed E-state index contributed by atoms with van der Waals surface area (Å²) in [6, 6.07) is 32.8. The van der Waals surface area contributed by atoms with Gasteiger partial charge in [-0.05, 0) is 35.4 Å². The Kier molecular flexibility index (Phi) is 5.21. The molecule has 2 nitrogen and oxygen atoms in total. The van der Waals surface area contributed by atoms with E-state index >= 15 is 0 Å². The molecular formula is C26H27NOS. The van der Waals surface area contributed by atoms with Crippen molar-refractivity contribution in [2.45, 2.75) is 29.1 Å². The fourth-order valence-electron chi connectivity index (χ4n) is 5.32. The van der Waals surface area contributed by atoms with E-state index in [4.69, 9.17) is 0 Å². The first-order valence-electron chi connectivity index (χ1n) is 10.5. The molecule has 0 bridgehead atoms. The minimum atomic E-state index is -0.326. The highest BCUT2D eigenvalue weighted by atomic mass is 32.2. The van der Waals surface area contributed by atoms with Gasteiger partial charge in [-0.3, -0.25) is 4.90 Å². The van der Waals surface area contributed by atoms with E-state index in [0.29, 0.717) is 11.2 Å². The van der Waals surface area contributed by atoms with Gasteiger partial charge in [0.05, 0.1) is 11.0 Å². The molecule has 0 aliphatic carbocycles. The molecule has 0 saturated carbocycles. The molecule has 2 aliphatic rings. The molecule has 3 aromatic rings. The normalized spacial score (nSPS) is 24.9. The Morgan fingerprint density at radius 2 is 1.24 bits per heavy atom. The van der Waals surface area contributed by atoms with Gasteiger partial charge in [0.15, 0.2) is 0 Å². The highest BCUT2D eigenvalue weighted by molar-refractivity contribution is 8.00. The molecule has 1 N–H and O–H groups in total. The van der Waals surface area contributed by atoms with Gasteiger partial charge in [0.2, 0.25) is 0 Å². The molecule has 0 aromatic heterocycles. The lowest BCUT2D eigenvalue weighted by Crippen LogP contribution is -2.54. The summed E-state index contributed by atoms with van der Waals surface area (Å²) in [6.07, 6.45) is 2.03. The van der Waals surface area contributed by atoms with Crippen LogP contribution in [0.1, 0.15) is 29.5 Å². The molecule has 2 heterocycles. The molecule has 3 aromatic carbocycles. The number of fused-ring (bicyclic) bond motifs is 1.